The van der Waals surface area contributed by atoms with E-state index in [2.05, 4.69) is 41.2 Å². The molecule has 0 bridgehead atoms. The predicted octanol–water partition coefficient (Wildman–Crippen LogP) is 3.92. The molecule has 0 amide bonds. The fourth-order valence-corrected chi connectivity index (χ4v) is 2.26. The van der Waals surface area contributed by atoms with Crippen molar-refractivity contribution in [1.82, 2.24) is 5.32 Å². The first-order valence-corrected chi connectivity index (χ1v) is 7.65. The van der Waals surface area contributed by atoms with Gasteiger partial charge >= 0.3 is 0 Å². The minimum absolute atomic E-state index is 0.0434. The van der Waals surface area contributed by atoms with Crippen molar-refractivity contribution in [3.05, 3.63) is 28.2 Å². The van der Waals surface area contributed by atoms with Crippen LogP contribution < -0.4 is 10.1 Å². The van der Waals surface area contributed by atoms with E-state index in [-0.39, 0.29) is 12.1 Å². The summed E-state index contributed by atoms with van der Waals surface area (Å²) in [6.07, 6.45) is 0.0434. The van der Waals surface area contributed by atoms with Gasteiger partial charge in [-0.05, 0) is 39.4 Å². The molecule has 108 valence electrons. The van der Waals surface area contributed by atoms with Gasteiger partial charge in [0.2, 0.25) is 0 Å². The zero-order chi connectivity index (χ0) is 14.3. The lowest BCUT2D eigenvalue weighted by Crippen LogP contribution is -2.22. The van der Waals surface area contributed by atoms with Crippen LogP contribution in [0.2, 0.25) is 0 Å². The Morgan fingerprint density at radius 2 is 2.00 bits per heavy atom. The summed E-state index contributed by atoms with van der Waals surface area (Å²) >= 11 is 3.50. The number of nitrogens with one attached hydrogen (secondary N) is 1. The fraction of sp³-hybridized carbons (Fsp3) is 0.600. The molecule has 2 atom stereocenters. The average Bonchev–Trinajstić information content (AvgIpc) is 2.36. The Labute approximate surface area is 124 Å². The van der Waals surface area contributed by atoms with E-state index in [9.17, 15) is 0 Å². The van der Waals surface area contributed by atoms with Crippen LogP contribution in [0.3, 0.4) is 0 Å². The third kappa shape index (κ3) is 5.51. The Kier molecular flexibility index (Phi) is 7.42. The third-order valence-electron chi connectivity index (χ3n) is 2.84. The van der Waals surface area contributed by atoms with Gasteiger partial charge in [0.05, 0.1) is 6.61 Å². The quantitative estimate of drug-likeness (QED) is 0.784. The van der Waals surface area contributed by atoms with Crippen molar-refractivity contribution in [2.24, 2.45) is 0 Å². The van der Waals surface area contributed by atoms with Gasteiger partial charge in [-0.25, -0.2) is 0 Å². The van der Waals surface area contributed by atoms with Crippen LogP contribution in [-0.2, 0) is 4.74 Å². The van der Waals surface area contributed by atoms with Gasteiger partial charge in [-0.15, -0.1) is 0 Å². The van der Waals surface area contributed by atoms with Gasteiger partial charge in [0, 0.05) is 22.7 Å². The van der Waals surface area contributed by atoms with Crippen LogP contribution in [0.25, 0.3) is 0 Å². The average molecular weight is 330 g/mol. The number of benzene rings is 1. The molecule has 0 heterocycles. The maximum atomic E-state index is 6.00. The smallest absolute Gasteiger partial charge is 0.125 e. The van der Waals surface area contributed by atoms with E-state index in [0.29, 0.717) is 13.2 Å². The van der Waals surface area contributed by atoms with Crippen molar-refractivity contribution in [2.75, 3.05) is 19.8 Å². The Hall–Kier alpha value is -0.580. The number of rotatable bonds is 8. The monoisotopic (exact) mass is 329 g/mol. The molecule has 1 N–H and O–H groups in total. The van der Waals surface area contributed by atoms with Crippen LogP contribution in [-0.4, -0.2) is 25.9 Å². The molecule has 0 fully saturated rings. The van der Waals surface area contributed by atoms with E-state index in [0.717, 1.165) is 16.8 Å². The molecule has 1 rings (SSSR count). The normalized spacial score (nSPS) is 14.2. The van der Waals surface area contributed by atoms with Crippen LogP contribution >= 0.6 is 15.9 Å². The van der Waals surface area contributed by atoms with Crippen molar-refractivity contribution in [3.63, 3.8) is 0 Å². The highest BCUT2D eigenvalue weighted by Crippen LogP contribution is 2.29. The molecule has 0 radical (unpaired) electrons. The number of ether oxygens (including phenoxy) is 2. The highest BCUT2D eigenvalue weighted by molar-refractivity contribution is 9.10. The summed E-state index contributed by atoms with van der Waals surface area (Å²) in [5.41, 5.74) is 1.17. The van der Waals surface area contributed by atoms with Gasteiger partial charge < -0.3 is 14.8 Å². The summed E-state index contributed by atoms with van der Waals surface area (Å²) < 4.78 is 12.4. The SMILES string of the molecule is CCNC(C)c1ccc(Br)cc1OC(C)COCC. The molecule has 19 heavy (non-hydrogen) atoms. The Balaban J connectivity index is 2.81. The zero-order valence-corrected chi connectivity index (χ0v) is 13.8. The van der Waals surface area contributed by atoms with Crippen LogP contribution in [0.4, 0.5) is 0 Å². The molecule has 3 nitrogen and oxygen atoms in total. The molecule has 0 aromatic heterocycles. The maximum Gasteiger partial charge on any atom is 0.125 e. The first-order valence-electron chi connectivity index (χ1n) is 6.85. The van der Waals surface area contributed by atoms with E-state index >= 15 is 0 Å². The Morgan fingerprint density at radius 3 is 2.63 bits per heavy atom. The molecular weight excluding hydrogens is 306 g/mol. The van der Waals surface area contributed by atoms with Crippen LogP contribution in [0, 0.1) is 0 Å². The van der Waals surface area contributed by atoms with E-state index < -0.39 is 0 Å². The molecule has 0 spiro atoms. The van der Waals surface area contributed by atoms with Crippen molar-refractivity contribution in [1.29, 1.82) is 0 Å². The molecule has 4 heteroatoms. The molecule has 0 aliphatic heterocycles. The lowest BCUT2D eigenvalue weighted by molar-refractivity contribution is 0.0649. The first kappa shape index (κ1) is 16.5. The Bertz CT molecular complexity index is 384. The number of hydrogen-bond acceptors (Lipinski definition) is 3. The number of halogens is 1. The molecule has 1 aromatic carbocycles. The lowest BCUT2D eigenvalue weighted by Gasteiger charge is -2.21. The van der Waals surface area contributed by atoms with Crippen LogP contribution in [0.5, 0.6) is 5.75 Å². The van der Waals surface area contributed by atoms with E-state index in [4.69, 9.17) is 9.47 Å². The number of hydrogen-bond donors (Lipinski definition) is 1. The standard InChI is InChI=1S/C15H24BrNO2/c1-5-17-12(4)14-8-7-13(16)9-15(14)19-11(3)10-18-6-2/h7-9,11-12,17H,5-6,10H2,1-4H3. The van der Waals surface area contributed by atoms with Gasteiger partial charge in [-0.2, -0.15) is 0 Å². The second kappa shape index (κ2) is 8.56. The minimum atomic E-state index is 0.0434. The topological polar surface area (TPSA) is 30.5 Å². The third-order valence-corrected chi connectivity index (χ3v) is 3.33. The van der Waals surface area contributed by atoms with E-state index in [1.807, 2.05) is 26.0 Å². The fourth-order valence-electron chi connectivity index (χ4n) is 1.92. The summed E-state index contributed by atoms with van der Waals surface area (Å²) in [6, 6.07) is 6.43. The zero-order valence-electron chi connectivity index (χ0n) is 12.2. The predicted molar refractivity (Wildman–Crippen MR) is 82.8 cm³/mol. The second-order valence-electron chi connectivity index (χ2n) is 4.55. The highest BCUT2D eigenvalue weighted by Gasteiger charge is 2.14. The summed E-state index contributed by atoms with van der Waals surface area (Å²) in [7, 11) is 0. The van der Waals surface area contributed by atoms with Gasteiger partial charge in [-0.1, -0.05) is 28.9 Å². The van der Waals surface area contributed by atoms with Crippen LogP contribution in [0.1, 0.15) is 39.3 Å². The molecule has 0 saturated heterocycles. The van der Waals surface area contributed by atoms with Gasteiger partial charge in [-0.3, -0.25) is 0 Å². The first-order chi connectivity index (χ1) is 9.08. The molecule has 1 aromatic rings. The molecule has 0 aliphatic rings. The summed E-state index contributed by atoms with van der Waals surface area (Å²) in [5.74, 6) is 0.912. The van der Waals surface area contributed by atoms with Gasteiger partial charge in [0.25, 0.3) is 0 Å². The summed E-state index contributed by atoms with van der Waals surface area (Å²) in [5, 5.41) is 3.41. The minimum Gasteiger partial charge on any atom is -0.488 e. The molecule has 2 unspecified atom stereocenters. The second-order valence-corrected chi connectivity index (χ2v) is 5.47. The van der Waals surface area contributed by atoms with Crippen molar-refractivity contribution in [2.45, 2.75) is 39.8 Å². The summed E-state index contributed by atoms with van der Waals surface area (Å²) in [4.78, 5) is 0. The van der Waals surface area contributed by atoms with E-state index in [1.54, 1.807) is 0 Å². The van der Waals surface area contributed by atoms with Crippen molar-refractivity contribution >= 4 is 15.9 Å². The van der Waals surface area contributed by atoms with Crippen molar-refractivity contribution < 1.29 is 9.47 Å². The van der Waals surface area contributed by atoms with Crippen molar-refractivity contribution in [3.8, 4) is 5.75 Å². The molecule has 0 saturated carbocycles. The van der Waals surface area contributed by atoms with Gasteiger partial charge in [0.15, 0.2) is 0 Å². The van der Waals surface area contributed by atoms with Gasteiger partial charge in [0.1, 0.15) is 11.9 Å². The highest BCUT2D eigenvalue weighted by atomic mass is 79.9. The lowest BCUT2D eigenvalue weighted by atomic mass is 10.1. The van der Waals surface area contributed by atoms with Crippen LogP contribution in [0.15, 0.2) is 22.7 Å². The van der Waals surface area contributed by atoms with E-state index in [1.165, 1.54) is 5.56 Å². The Morgan fingerprint density at radius 1 is 1.26 bits per heavy atom. The molecular formula is C15H24BrNO2. The maximum absolute atomic E-state index is 6.00. The largest absolute Gasteiger partial charge is 0.488 e. The molecule has 0 aliphatic carbocycles. The summed E-state index contributed by atoms with van der Waals surface area (Å²) in [6.45, 7) is 10.5.